The molecule has 1 aromatic rings. The van der Waals surface area contributed by atoms with Crippen molar-refractivity contribution in [1.82, 2.24) is 0 Å². The van der Waals surface area contributed by atoms with Gasteiger partial charge in [-0.1, -0.05) is 6.07 Å². The van der Waals surface area contributed by atoms with Crippen LogP contribution in [0, 0.1) is 4.91 Å². The first-order valence-electron chi connectivity index (χ1n) is 5.34. The quantitative estimate of drug-likeness (QED) is 0.802. The van der Waals surface area contributed by atoms with Crippen LogP contribution in [0.4, 0.5) is 0 Å². The molecule has 0 bridgehead atoms. The second kappa shape index (κ2) is 4.25. The predicted molar refractivity (Wildman–Crippen MR) is 60.6 cm³/mol. The lowest BCUT2D eigenvalue weighted by atomic mass is 9.93. The summed E-state index contributed by atoms with van der Waals surface area (Å²) in [5, 5.41) is 11.7. The number of nitroso groups, excluding NO2 is 1. The first kappa shape index (κ1) is 11.7. The van der Waals surface area contributed by atoms with E-state index in [1.54, 1.807) is 18.2 Å². The van der Waals surface area contributed by atoms with Crippen molar-refractivity contribution in [2.75, 3.05) is 7.11 Å². The Morgan fingerprint density at radius 3 is 2.71 bits per heavy atom. The molecule has 0 spiro atoms. The fourth-order valence-electron chi connectivity index (χ4n) is 2.04. The van der Waals surface area contributed by atoms with E-state index in [1.807, 2.05) is 0 Å². The Labute approximate surface area is 98.4 Å². The van der Waals surface area contributed by atoms with Gasteiger partial charge in [0, 0.05) is 10.7 Å². The van der Waals surface area contributed by atoms with Gasteiger partial charge < -0.3 is 9.84 Å². The van der Waals surface area contributed by atoms with Crippen molar-refractivity contribution in [3.05, 3.63) is 34.2 Å². The lowest BCUT2D eigenvalue weighted by molar-refractivity contribution is -0.120. The first-order valence-corrected chi connectivity index (χ1v) is 5.34. The summed E-state index contributed by atoms with van der Waals surface area (Å²) in [5.74, 6) is -0.0647. The average molecular weight is 235 g/mol. The van der Waals surface area contributed by atoms with Gasteiger partial charge in [-0.25, -0.2) is 0 Å². The van der Waals surface area contributed by atoms with Gasteiger partial charge in [0.2, 0.25) is 0 Å². The lowest BCUT2D eigenvalue weighted by Gasteiger charge is -2.13. The van der Waals surface area contributed by atoms with Crippen LogP contribution in [-0.4, -0.2) is 18.1 Å². The summed E-state index contributed by atoms with van der Waals surface area (Å²) in [6.45, 7) is -0.171. The van der Waals surface area contributed by atoms with Gasteiger partial charge in [0.15, 0.2) is 0 Å². The zero-order valence-corrected chi connectivity index (χ0v) is 9.47. The van der Waals surface area contributed by atoms with Gasteiger partial charge in [0.1, 0.15) is 5.75 Å². The maximum Gasteiger partial charge on any atom is 0.296 e. The van der Waals surface area contributed by atoms with E-state index in [-0.39, 0.29) is 6.61 Å². The van der Waals surface area contributed by atoms with Gasteiger partial charge in [-0.3, -0.25) is 4.79 Å². The summed E-state index contributed by atoms with van der Waals surface area (Å²) in [7, 11) is 1.51. The third-order valence-electron chi connectivity index (χ3n) is 3.25. The predicted octanol–water partition coefficient (Wildman–Crippen LogP) is 1.51. The molecule has 0 radical (unpaired) electrons. The Hall–Kier alpha value is -1.75. The van der Waals surface area contributed by atoms with Crippen molar-refractivity contribution >= 4 is 5.91 Å². The van der Waals surface area contributed by atoms with Gasteiger partial charge in [0.25, 0.3) is 5.91 Å². The van der Waals surface area contributed by atoms with Crippen LogP contribution in [0.5, 0.6) is 5.75 Å². The summed E-state index contributed by atoms with van der Waals surface area (Å²) >= 11 is 0. The summed E-state index contributed by atoms with van der Waals surface area (Å²) in [6.07, 6.45) is 1.27. The second-order valence-corrected chi connectivity index (χ2v) is 4.16. The topological polar surface area (TPSA) is 76.0 Å². The Morgan fingerprint density at radius 2 is 2.24 bits per heavy atom. The van der Waals surface area contributed by atoms with Crippen molar-refractivity contribution < 1.29 is 14.6 Å². The molecule has 5 nitrogen and oxygen atoms in total. The van der Waals surface area contributed by atoms with Crippen molar-refractivity contribution in [3.63, 3.8) is 0 Å². The zero-order valence-electron chi connectivity index (χ0n) is 9.47. The molecule has 1 aliphatic rings. The molecule has 1 saturated carbocycles. The normalized spacial score (nSPS) is 16.4. The lowest BCUT2D eigenvalue weighted by Crippen LogP contribution is -2.18. The average Bonchev–Trinajstić information content (AvgIpc) is 3.18. The molecule has 1 aliphatic carbocycles. The number of carbonyl (C=O) groups is 1. The molecular formula is C12H13NO4. The van der Waals surface area contributed by atoms with Crippen LogP contribution in [0.1, 0.15) is 24.0 Å². The largest absolute Gasteiger partial charge is 0.496 e. The molecule has 1 aromatic carbocycles. The molecule has 1 N–H and O–H groups in total. The number of carbonyl (C=O) groups excluding carboxylic acids is 1. The molecule has 90 valence electrons. The zero-order chi connectivity index (χ0) is 12.5. The third-order valence-corrected chi connectivity index (χ3v) is 3.25. The number of benzene rings is 1. The molecule has 0 saturated heterocycles. The maximum atomic E-state index is 11.5. The third kappa shape index (κ3) is 1.82. The standard InChI is InChI=1S/C12H13NO4/c1-17-10-3-2-9(6-8(10)7-14)12(4-5-12)11(15)13-16/h2-3,6,14H,4-5,7H2,1H3. The highest BCUT2D eigenvalue weighted by Gasteiger charge is 2.52. The molecule has 2 rings (SSSR count). The van der Waals surface area contributed by atoms with Gasteiger partial charge in [-0.2, -0.15) is 0 Å². The number of methoxy groups -OCH3 is 1. The number of amides is 1. The highest BCUT2D eigenvalue weighted by molar-refractivity contribution is 5.91. The van der Waals surface area contributed by atoms with Crippen LogP contribution < -0.4 is 4.74 Å². The van der Waals surface area contributed by atoms with Gasteiger partial charge >= 0.3 is 0 Å². The SMILES string of the molecule is COc1ccc(C2(C(=O)N=O)CC2)cc1CO. The minimum Gasteiger partial charge on any atom is -0.496 e. The van der Waals surface area contributed by atoms with E-state index in [0.29, 0.717) is 24.2 Å². The molecule has 0 aromatic heterocycles. The monoisotopic (exact) mass is 235 g/mol. The number of nitrogens with zero attached hydrogens (tertiary/aromatic N) is 1. The van der Waals surface area contributed by atoms with E-state index in [9.17, 15) is 14.8 Å². The molecule has 5 heteroatoms. The molecule has 0 atom stereocenters. The number of hydrogen-bond donors (Lipinski definition) is 1. The van der Waals surface area contributed by atoms with Crippen LogP contribution in [0.15, 0.2) is 23.4 Å². The second-order valence-electron chi connectivity index (χ2n) is 4.16. The molecule has 0 unspecified atom stereocenters. The highest BCUT2D eigenvalue weighted by Crippen LogP contribution is 2.49. The van der Waals surface area contributed by atoms with Gasteiger partial charge in [-0.05, 0) is 30.5 Å². The number of aliphatic hydroxyl groups is 1. The first-order chi connectivity index (χ1) is 8.17. The molecular weight excluding hydrogens is 222 g/mol. The number of aliphatic hydroxyl groups excluding tert-OH is 1. The Balaban J connectivity index is 2.40. The van der Waals surface area contributed by atoms with Crippen LogP contribution >= 0.6 is 0 Å². The molecule has 0 heterocycles. The maximum absolute atomic E-state index is 11.5. The highest BCUT2D eigenvalue weighted by atomic mass is 16.5. The minimum atomic E-state index is -0.752. The number of rotatable bonds is 4. The molecule has 0 aliphatic heterocycles. The van der Waals surface area contributed by atoms with Gasteiger partial charge in [0.05, 0.1) is 19.1 Å². The van der Waals surface area contributed by atoms with Crippen molar-refractivity contribution in [3.8, 4) is 5.75 Å². The number of hydrogen-bond acceptors (Lipinski definition) is 4. The van der Waals surface area contributed by atoms with Crippen molar-refractivity contribution in [2.45, 2.75) is 24.9 Å². The fraction of sp³-hybridized carbons (Fsp3) is 0.417. The fourth-order valence-corrected chi connectivity index (χ4v) is 2.04. The molecule has 17 heavy (non-hydrogen) atoms. The van der Waals surface area contributed by atoms with Gasteiger partial charge in [-0.15, -0.1) is 4.91 Å². The molecule has 1 amide bonds. The van der Waals surface area contributed by atoms with E-state index in [1.165, 1.54) is 7.11 Å². The Kier molecular flexibility index (Phi) is 2.93. The van der Waals surface area contributed by atoms with Crippen molar-refractivity contribution in [1.29, 1.82) is 0 Å². The minimum absolute atomic E-state index is 0.171. The number of ether oxygens (including phenoxy) is 1. The van der Waals surface area contributed by atoms with Crippen LogP contribution in [-0.2, 0) is 16.8 Å². The Bertz CT molecular complexity index is 466. The summed E-state index contributed by atoms with van der Waals surface area (Å²) in [5.41, 5.74) is 0.583. The van der Waals surface area contributed by atoms with E-state index in [0.717, 1.165) is 5.56 Å². The summed E-state index contributed by atoms with van der Waals surface area (Å²) in [6, 6.07) is 5.14. The van der Waals surface area contributed by atoms with Crippen molar-refractivity contribution in [2.24, 2.45) is 5.18 Å². The van der Waals surface area contributed by atoms with E-state index in [2.05, 4.69) is 5.18 Å². The van der Waals surface area contributed by atoms with Crippen LogP contribution in [0.25, 0.3) is 0 Å². The summed E-state index contributed by atoms with van der Waals surface area (Å²) < 4.78 is 5.08. The Morgan fingerprint density at radius 1 is 1.53 bits per heavy atom. The van der Waals surface area contributed by atoms with E-state index in [4.69, 9.17) is 4.74 Å². The molecule has 1 fully saturated rings. The smallest absolute Gasteiger partial charge is 0.296 e. The van der Waals surface area contributed by atoms with Crippen LogP contribution in [0.3, 0.4) is 0 Å². The van der Waals surface area contributed by atoms with E-state index < -0.39 is 11.3 Å². The summed E-state index contributed by atoms with van der Waals surface area (Å²) in [4.78, 5) is 21.8. The van der Waals surface area contributed by atoms with E-state index >= 15 is 0 Å². The van der Waals surface area contributed by atoms with Crippen LogP contribution in [0.2, 0.25) is 0 Å².